The van der Waals surface area contributed by atoms with Crippen molar-refractivity contribution in [1.29, 1.82) is 0 Å². The van der Waals surface area contributed by atoms with E-state index < -0.39 is 7.82 Å². The Morgan fingerprint density at radius 2 is 1.14 bits per heavy atom. The van der Waals surface area contributed by atoms with Crippen LogP contribution in [0.1, 0.15) is 0 Å². The zero-order valence-electron chi connectivity index (χ0n) is 2.61. The summed E-state index contributed by atoms with van der Waals surface area (Å²) in [5.41, 5.74) is 0. The molecule has 0 atom stereocenters. The molecule has 0 fully saturated rings. The van der Waals surface area contributed by atoms with Crippen LogP contribution in [0.25, 0.3) is 0 Å². The van der Waals surface area contributed by atoms with Gasteiger partial charge in [-0.15, -0.1) is 0 Å². The Kier molecular flexibility index (Phi) is 11.9. The molecule has 0 aliphatic carbocycles. The molecule has 7 heteroatoms. The Morgan fingerprint density at radius 1 is 1.14 bits per heavy atom. The largest absolute Gasteiger partial charge is 0.466 e. The third-order valence-corrected chi connectivity index (χ3v) is 0. The maximum Gasteiger partial charge on any atom is 0.466 e. The van der Waals surface area contributed by atoms with Crippen molar-refractivity contribution in [1.82, 2.24) is 0 Å². The van der Waals surface area contributed by atoms with Crippen LogP contribution in [0.3, 0.4) is 0 Å². The number of rotatable bonds is 0. The SMILES string of the molecule is O=P(O)(O)O.[AlH3].[Cr]. The molecule has 0 rings (SSSR count). The Morgan fingerprint density at radius 3 is 1.14 bits per heavy atom. The third kappa shape index (κ3) is 139. The van der Waals surface area contributed by atoms with Gasteiger partial charge in [0.15, 0.2) is 17.4 Å². The molecule has 0 aromatic heterocycles. The fraction of sp³-hybridized carbons (Fsp3) is 0. The van der Waals surface area contributed by atoms with Gasteiger partial charge in [0, 0.05) is 17.4 Å². The first kappa shape index (κ1) is 15.7. The monoisotopic (exact) mass is 180 g/mol. The average molecular weight is 180 g/mol. The van der Waals surface area contributed by atoms with Crippen LogP contribution in [-0.4, -0.2) is 32.0 Å². The van der Waals surface area contributed by atoms with Gasteiger partial charge in [0.1, 0.15) is 0 Å². The Balaban J connectivity index is -0.0000000800. The summed E-state index contributed by atoms with van der Waals surface area (Å²) in [6.07, 6.45) is 0. The summed E-state index contributed by atoms with van der Waals surface area (Å²) in [6.45, 7) is 0. The van der Waals surface area contributed by atoms with E-state index in [0.29, 0.717) is 0 Å². The average Bonchev–Trinajstić information content (AvgIpc) is 0.722. The molecule has 7 heavy (non-hydrogen) atoms. The van der Waals surface area contributed by atoms with Crippen LogP contribution in [0.4, 0.5) is 0 Å². The summed E-state index contributed by atoms with van der Waals surface area (Å²) in [5, 5.41) is 0. The molecular formula is H6AlCrO4P. The molecule has 0 aromatic rings. The number of phosphoric acid groups is 1. The zero-order valence-corrected chi connectivity index (χ0v) is 4.77. The van der Waals surface area contributed by atoms with Gasteiger partial charge in [-0.2, -0.15) is 0 Å². The first-order valence-electron chi connectivity index (χ1n) is 0.783. The smallest absolute Gasteiger partial charge is 0.303 e. The molecule has 0 heterocycles. The molecule has 0 amide bonds. The van der Waals surface area contributed by atoms with Gasteiger partial charge in [-0.05, 0) is 0 Å². The predicted octanol–water partition coefficient (Wildman–Crippen LogP) is -2.12. The van der Waals surface area contributed by atoms with Crippen LogP contribution in [0.2, 0.25) is 0 Å². The van der Waals surface area contributed by atoms with Gasteiger partial charge in [0.25, 0.3) is 0 Å². The summed E-state index contributed by atoms with van der Waals surface area (Å²) in [4.78, 5) is 21.6. The van der Waals surface area contributed by atoms with Gasteiger partial charge in [-0.1, -0.05) is 0 Å². The molecular weight excluding hydrogens is 174 g/mol. The molecule has 3 N–H and O–H groups in total. The Hall–Kier alpha value is 1.17. The van der Waals surface area contributed by atoms with E-state index >= 15 is 0 Å². The van der Waals surface area contributed by atoms with Crippen molar-refractivity contribution >= 4 is 25.2 Å². The number of hydrogen-bond acceptors (Lipinski definition) is 1. The van der Waals surface area contributed by atoms with Crippen LogP contribution < -0.4 is 0 Å². The molecule has 0 spiro atoms. The second-order valence-electron chi connectivity index (χ2n) is 0.513. The van der Waals surface area contributed by atoms with Crippen molar-refractivity contribution in [3.8, 4) is 0 Å². The predicted molar refractivity (Wildman–Crippen MR) is 24.2 cm³/mol. The number of hydrogen-bond donors (Lipinski definition) is 3. The van der Waals surface area contributed by atoms with E-state index in [1.54, 1.807) is 0 Å². The molecule has 0 unspecified atom stereocenters. The Labute approximate surface area is 62.1 Å². The van der Waals surface area contributed by atoms with Crippen molar-refractivity contribution < 1.29 is 36.6 Å². The van der Waals surface area contributed by atoms with Crippen molar-refractivity contribution in [2.75, 3.05) is 0 Å². The van der Waals surface area contributed by atoms with Gasteiger partial charge < -0.3 is 14.7 Å². The first-order chi connectivity index (χ1) is 2.00. The molecule has 0 saturated heterocycles. The van der Waals surface area contributed by atoms with E-state index in [1.165, 1.54) is 0 Å². The van der Waals surface area contributed by atoms with Crippen LogP contribution in [0, 0.1) is 0 Å². The summed E-state index contributed by atoms with van der Waals surface area (Å²) in [6, 6.07) is 0. The molecule has 0 aliphatic rings. The van der Waals surface area contributed by atoms with Crippen molar-refractivity contribution in [3.05, 3.63) is 0 Å². The minimum absolute atomic E-state index is 0. The van der Waals surface area contributed by atoms with Crippen LogP contribution in [0.15, 0.2) is 0 Å². The fourth-order valence-corrected chi connectivity index (χ4v) is 0. The summed E-state index contributed by atoms with van der Waals surface area (Å²) in [7, 11) is -4.64. The summed E-state index contributed by atoms with van der Waals surface area (Å²) >= 11 is 0. The zero-order chi connectivity index (χ0) is 4.50. The second-order valence-corrected chi connectivity index (χ2v) is 1.54. The maximum absolute atomic E-state index is 8.88. The van der Waals surface area contributed by atoms with Crippen molar-refractivity contribution in [2.45, 2.75) is 0 Å². The van der Waals surface area contributed by atoms with Gasteiger partial charge in [0.05, 0.1) is 0 Å². The van der Waals surface area contributed by atoms with E-state index in [-0.39, 0.29) is 34.7 Å². The molecule has 0 bridgehead atoms. The minimum atomic E-state index is -4.64. The quantitative estimate of drug-likeness (QED) is 0.294. The summed E-state index contributed by atoms with van der Waals surface area (Å²) in [5.74, 6) is 0. The van der Waals surface area contributed by atoms with E-state index in [0.717, 1.165) is 0 Å². The molecule has 0 aliphatic heterocycles. The van der Waals surface area contributed by atoms with E-state index in [4.69, 9.17) is 19.2 Å². The third-order valence-electron chi connectivity index (χ3n) is 0. The first-order valence-corrected chi connectivity index (χ1v) is 2.35. The van der Waals surface area contributed by atoms with E-state index in [9.17, 15) is 0 Å². The van der Waals surface area contributed by atoms with Gasteiger partial charge >= 0.3 is 7.82 Å². The maximum atomic E-state index is 8.88. The summed E-state index contributed by atoms with van der Waals surface area (Å²) < 4.78 is 8.88. The van der Waals surface area contributed by atoms with Crippen LogP contribution in [0.5, 0.6) is 0 Å². The van der Waals surface area contributed by atoms with E-state index in [1.807, 2.05) is 0 Å². The molecule has 4 nitrogen and oxygen atoms in total. The van der Waals surface area contributed by atoms with Gasteiger partial charge in [-0.3, -0.25) is 0 Å². The normalized spacial score (nSPS) is 8.43. The van der Waals surface area contributed by atoms with Gasteiger partial charge in [0.2, 0.25) is 0 Å². The molecule has 0 saturated carbocycles. The second kappa shape index (κ2) is 5.31. The van der Waals surface area contributed by atoms with Crippen molar-refractivity contribution in [2.24, 2.45) is 0 Å². The Bertz CT molecular complexity index is 57.8. The molecule has 44 valence electrons. The molecule has 0 radical (unpaired) electrons. The van der Waals surface area contributed by atoms with Gasteiger partial charge in [-0.25, -0.2) is 4.57 Å². The standard InChI is InChI=1S/Al.Cr.H3O4P.3H/c;;1-5(2,3)4;;;/h;;(H3,1,2,3,4);;;. The van der Waals surface area contributed by atoms with Crippen LogP contribution >= 0.6 is 7.82 Å². The van der Waals surface area contributed by atoms with Crippen molar-refractivity contribution in [3.63, 3.8) is 0 Å². The fourth-order valence-electron chi connectivity index (χ4n) is 0. The van der Waals surface area contributed by atoms with Crippen LogP contribution in [-0.2, 0) is 21.9 Å². The molecule has 0 aromatic carbocycles. The van der Waals surface area contributed by atoms with E-state index in [2.05, 4.69) is 0 Å². The topological polar surface area (TPSA) is 77.8 Å². The minimum Gasteiger partial charge on any atom is -0.303 e.